The molecule has 0 saturated heterocycles. The van der Waals surface area contributed by atoms with Crippen molar-refractivity contribution in [1.29, 1.82) is 0 Å². The maximum Gasteiger partial charge on any atom is 0.250 e. The largest absolute Gasteiger partial charge is 0.488 e. The molecule has 0 bridgehead atoms. The van der Waals surface area contributed by atoms with Crippen molar-refractivity contribution in [2.24, 2.45) is 5.73 Å². The zero-order valence-corrected chi connectivity index (χ0v) is 14.4. The Morgan fingerprint density at radius 2 is 1.83 bits per heavy atom. The Kier molecular flexibility index (Phi) is 4.60. The summed E-state index contributed by atoms with van der Waals surface area (Å²) in [7, 11) is 0. The molecule has 24 heavy (non-hydrogen) atoms. The van der Waals surface area contributed by atoms with Crippen molar-refractivity contribution in [3.63, 3.8) is 0 Å². The number of para-hydroxylation sites is 1. The minimum atomic E-state index is -0.529. The minimum absolute atomic E-state index is 0.206. The van der Waals surface area contributed by atoms with Crippen LogP contribution >= 0.6 is 23.2 Å². The highest BCUT2D eigenvalue weighted by Crippen LogP contribution is 2.30. The Morgan fingerprint density at radius 1 is 1.17 bits per heavy atom. The lowest BCUT2D eigenvalue weighted by Crippen LogP contribution is -2.12. The van der Waals surface area contributed by atoms with Crippen LogP contribution in [-0.2, 0) is 6.61 Å². The van der Waals surface area contributed by atoms with Crippen molar-refractivity contribution < 1.29 is 9.53 Å². The van der Waals surface area contributed by atoms with Crippen molar-refractivity contribution in [2.45, 2.75) is 13.5 Å². The third-order valence-corrected chi connectivity index (χ3v) is 4.34. The maximum absolute atomic E-state index is 11.6. The van der Waals surface area contributed by atoms with Crippen LogP contribution in [0.4, 0.5) is 0 Å². The number of hydrogen-bond acceptors (Lipinski definition) is 3. The molecule has 0 radical (unpaired) electrons. The van der Waals surface area contributed by atoms with Gasteiger partial charge in [0.15, 0.2) is 0 Å². The van der Waals surface area contributed by atoms with Gasteiger partial charge in [-0.3, -0.25) is 9.78 Å². The molecule has 6 heteroatoms. The summed E-state index contributed by atoms with van der Waals surface area (Å²) in [6.45, 7) is 2.03. The van der Waals surface area contributed by atoms with Crippen LogP contribution in [0.1, 0.15) is 21.6 Å². The fourth-order valence-corrected chi connectivity index (χ4v) is 2.98. The van der Waals surface area contributed by atoms with Crippen LogP contribution in [0, 0.1) is 6.92 Å². The van der Waals surface area contributed by atoms with Gasteiger partial charge in [0.25, 0.3) is 5.91 Å². The first-order valence-corrected chi connectivity index (χ1v) is 7.99. The van der Waals surface area contributed by atoms with E-state index in [1.54, 1.807) is 36.4 Å². The highest BCUT2D eigenvalue weighted by Gasteiger charge is 2.13. The number of amides is 1. The predicted octanol–water partition coefficient (Wildman–Crippen LogP) is 4.53. The summed E-state index contributed by atoms with van der Waals surface area (Å²) in [6, 6.07) is 12.3. The molecule has 0 atom stereocenters. The first-order chi connectivity index (χ1) is 11.5. The first-order valence-electron chi connectivity index (χ1n) is 7.23. The first kappa shape index (κ1) is 16.6. The second kappa shape index (κ2) is 6.67. The van der Waals surface area contributed by atoms with E-state index in [-0.39, 0.29) is 6.61 Å². The molecule has 1 heterocycles. The van der Waals surface area contributed by atoms with Crippen LogP contribution in [0.2, 0.25) is 10.0 Å². The van der Waals surface area contributed by atoms with E-state index in [1.807, 2.05) is 13.0 Å². The van der Waals surface area contributed by atoms with Gasteiger partial charge in [0.05, 0.1) is 11.1 Å². The van der Waals surface area contributed by atoms with Gasteiger partial charge < -0.3 is 10.5 Å². The lowest BCUT2D eigenvalue weighted by molar-refractivity contribution is 0.100. The number of halogens is 2. The molecular formula is C18H14Cl2N2O2. The monoisotopic (exact) mass is 360 g/mol. The molecular weight excluding hydrogens is 347 g/mol. The summed E-state index contributed by atoms with van der Waals surface area (Å²) in [5.74, 6) is 0.0652. The maximum atomic E-state index is 11.6. The topological polar surface area (TPSA) is 65.2 Å². The number of aromatic nitrogens is 1. The Hall–Kier alpha value is -2.30. The average Bonchev–Trinajstić information content (AvgIpc) is 2.53. The number of carbonyl (C=O) groups excluding carboxylic acids is 1. The van der Waals surface area contributed by atoms with Crippen molar-refractivity contribution in [1.82, 2.24) is 4.98 Å². The van der Waals surface area contributed by atoms with E-state index < -0.39 is 5.91 Å². The van der Waals surface area contributed by atoms with Crippen LogP contribution in [0.3, 0.4) is 0 Å². The number of nitrogens with zero attached hydrogens (tertiary/aromatic N) is 1. The van der Waals surface area contributed by atoms with E-state index in [4.69, 9.17) is 33.7 Å². The number of hydrogen-bond donors (Lipinski definition) is 1. The van der Waals surface area contributed by atoms with Crippen molar-refractivity contribution in [3.8, 4) is 5.75 Å². The van der Waals surface area contributed by atoms with Gasteiger partial charge in [-0.05, 0) is 31.2 Å². The molecule has 0 spiro atoms. The number of rotatable bonds is 4. The third-order valence-electron chi connectivity index (χ3n) is 3.63. The van der Waals surface area contributed by atoms with E-state index in [1.165, 1.54) is 0 Å². The number of pyridine rings is 1. The highest BCUT2D eigenvalue weighted by molar-refractivity contribution is 6.35. The van der Waals surface area contributed by atoms with Gasteiger partial charge >= 0.3 is 0 Å². The third kappa shape index (κ3) is 3.16. The number of benzene rings is 2. The number of ether oxygens (including phenoxy) is 1. The van der Waals surface area contributed by atoms with Crippen LogP contribution < -0.4 is 10.5 Å². The Bertz CT molecular complexity index is 921. The van der Waals surface area contributed by atoms with Gasteiger partial charge in [0.2, 0.25) is 0 Å². The molecule has 2 N–H and O–H groups in total. The molecule has 0 unspecified atom stereocenters. The average molecular weight is 361 g/mol. The summed E-state index contributed by atoms with van der Waals surface area (Å²) in [5, 5.41) is 1.78. The molecule has 0 aliphatic heterocycles. The molecule has 3 aromatic rings. The number of primary amides is 1. The molecule has 0 aliphatic rings. The summed E-state index contributed by atoms with van der Waals surface area (Å²) in [6.07, 6.45) is 0. The lowest BCUT2D eigenvalue weighted by Gasteiger charge is -2.13. The minimum Gasteiger partial charge on any atom is -0.488 e. The summed E-state index contributed by atoms with van der Waals surface area (Å²) >= 11 is 12.3. The van der Waals surface area contributed by atoms with Crippen molar-refractivity contribution >= 4 is 40.0 Å². The fourth-order valence-electron chi connectivity index (χ4n) is 2.48. The van der Waals surface area contributed by atoms with Crippen LogP contribution in [0.15, 0.2) is 42.5 Å². The number of fused-ring (bicyclic) bond motifs is 1. The Balaban J connectivity index is 2.04. The van der Waals surface area contributed by atoms with Crippen molar-refractivity contribution in [2.75, 3.05) is 0 Å². The van der Waals surface area contributed by atoms with Gasteiger partial charge in [0, 0.05) is 32.8 Å². The molecule has 1 aromatic heterocycles. The van der Waals surface area contributed by atoms with Gasteiger partial charge in [-0.15, -0.1) is 0 Å². The molecule has 0 saturated carbocycles. The smallest absolute Gasteiger partial charge is 0.250 e. The number of nitrogens with two attached hydrogens (primary N) is 1. The summed E-state index contributed by atoms with van der Waals surface area (Å²) < 4.78 is 5.92. The van der Waals surface area contributed by atoms with Crippen LogP contribution in [0.25, 0.3) is 10.9 Å². The SMILES string of the molecule is Cc1cc(OCc2c(Cl)cccc2Cl)c2cccc(C(N)=O)c2n1. The molecule has 4 nitrogen and oxygen atoms in total. The molecule has 2 aromatic carbocycles. The van der Waals surface area contributed by atoms with Crippen LogP contribution in [0.5, 0.6) is 5.75 Å². The van der Waals surface area contributed by atoms with Gasteiger partial charge in [-0.2, -0.15) is 0 Å². The second-order valence-corrected chi connectivity index (χ2v) is 6.13. The van der Waals surface area contributed by atoms with Gasteiger partial charge in [0.1, 0.15) is 12.4 Å². The molecule has 0 aliphatic carbocycles. The summed E-state index contributed by atoms with van der Waals surface area (Å²) in [4.78, 5) is 16.0. The normalized spacial score (nSPS) is 10.8. The van der Waals surface area contributed by atoms with E-state index >= 15 is 0 Å². The van der Waals surface area contributed by atoms with Crippen molar-refractivity contribution in [3.05, 3.63) is 69.3 Å². The second-order valence-electron chi connectivity index (χ2n) is 5.32. The van der Waals surface area contributed by atoms with E-state index in [0.717, 1.165) is 5.69 Å². The van der Waals surface area contributed by atoms with E-state index in [9.17, 15) is 4.79 Å². The van der Waals surface area contributed by atoms with Gasteiger partial charge in [-0.25, -0.2) is 0 Å². The Labute approximate surface area is 149 Å². The number of aryl methyl sites for hydroxylation is 1. The molecule has 0 fully saturated rings. The van der Waals surface area contributed by atoms with E-state index in [0.29, 0.717) is 37.8 Å². The number of carbonyl (C=O) groups is 1. The zero-order valence-electron chi connectivity index (χ0n) is 12.8. The fraction of sp³-hybridized carbons (Fsp3) is 0.111. The van der Waals surface area contributed by atoms with Crippen LogP contribution in [-0.4, -0.2) is 10.9 Å². The highest BCUT2D eigenvalue weighted by atomic mass is 35.5. The quantitative estimate of drug-likeness (QED) is 0.743. The Morgan fingerprint density at radius 3 is 2.50 bits per heavy atom. The standard InChI is InChI=1S/C18H14Cl2N2O2/c1-10-8-16(24-9-13-14(19)6-3-7-15(13)20)11-4-2-5-12(18(21)23)17(11)22-10/h2-8H,9H2,1H3,(H2,21,23). The molecule has 3 rings (SSSR count). The molecule has 1 amide bonds. The summed E-state index contributed by atoms with van der Waals surface area (Å²) in [5.41, 5.74) is 7.73. The van der Waals surface area contributed by atoms with E-state index in [2.05, 4.69) is 4.98 Å². The predicted molar refractivity (Wildman–Crippen MR) is 95.8 cm³/mol. The molecule has 122 valence electrons. The zero-order chi connectivity index (χ0) is 17.3. The lowest BCUT2D eigenvalue weighted by atomic mass is 10.1. The van der Waals surface area contributed by atoms with Gasteiger partial charge in [-0.1, -0.05) is 35.3 Å².